The summed E-state index contributed by atoms with van der Waals surface area (Å²) in [4.78, 5) is 37.7. The molecule has 0 spiro atoms. The minimum absolute atomic E-state index is 0.00112. The molecular weight excluding hydrogens is 328 g/mol. The number of fused-ring (bicyclic) bond motifs is 1. The molecule has 6 nitrogen and oxygen atoms in total. The lowest BCUT2D eigenvalue weighted by molar-refractivity contribution is -0.145. The molecule has 2 aliphatic heterocycles. The Kier molecular flexibility index (Phi) is 4.63. The number of nitrogens with one attached hydrogen (secondary N) is 1. The Labute approximate surface area is 155 Å². The molecule has 1 aliphatic carbocycles. The molecule has 1 saturated carbocycles. The molecule has 1 amide bonds. The fourth-order valence-electron chi connectivity index (χ4n) is 4.53. The average Bonchev–Trinajstić information content (AvgIpc) is 3.44. The molecule has 3 heterocycles. The zero-order valence-corrected chi connectivity index (χ0v) is 16.0. The Morgan fingerprint density at radius 1 is 1.35 bits per heavy atom. The van der Waals surface area contributed by atoms with E-state index in [9.17, 15) is 9.59 Å². The van der Waals surface area contributed by atoms with E-state index in [4.69, 9.17) is 4.98 Å². The van der Waals surface area contributed by atoms with Gasteiger partial charge in [-0.25, -0.2) is 4.98 Å². The number of amides is 1. The highest BCUT2D eigenvalue weighted by atomic mass is 16.2. The molecule has 1 aromatic heterocycles. The number of hydrogen-bond acceptors (Lipinski definition) is 4. The first kappa shape index (κ1) is 17.7. The van der Waals surface area contributed by atoms with Gasteiger partial charge in [0.25, 0.3) is 5.56 Å². The Morgan fingerprint density at radius 2 is 2.15 bits per heavy atom. The molecular formula is C20H30N4O2. The molecule has 3 aliphatic rings. The van der Waals surface area contributed by atoms with Gasteiger partial charge >= 0.3 is 0 Å². The maximum atomic E-state index is 13.3. The van der Waals surface area contributed by atoms with Crippen molar-refractivity contribution in [3.8, 4) is 0 Å². The van der Waals surface area contributed by atoms with Crippen LogP contribution in [0.25, 0.3) is 0 Å². The lowest BCUT2D eigenvalue weighted by Gasteiger charge is -2.42. The summed E-state index contributed by atoms with van der Waals surface area (Å²) in [5.74, 6) is 1.71. The molecule has 142 valence electrons. The van der Waals surface area contributed by atoms with Gasteiger partial charge in [-0.05, 0) is 58.0 Å². The van der Waals surface area contributed by atoms with Gasteiger partial charge in [-0.15, -0.1) is 0 Å². The zero-order valence-electron chi connectivity index (χ0n) is 16.0. The van der Waals surface area contributed by atoms with E-state index in [1.54, 1.807) is 0 Å². The number of aromatic nitrogens is 2. The van der Waals surface area contributed by atoms with Gasteiger partial charge in [0.05, 0.1) is 17.7 Å². The molecule has 0 radical (unpaired) electrons. The Hall–Kier alpha value is -1.69. The molecule has 0 unspecified atom stereocenters. The quantitative estimate of drug-likeness (QED) is 0.890. The first-order chi connectivity index (χ1) is 12.5. The van der Waals surface area contributed by atoms with E-state index in [2.05, 4.69) is 23.7 Å². The van der Waals surface area contributed by atoms with Crippen LogP contribution in [-0.2, 0) is 24.2 Å². The van der Waals surface area contributed by atoms with Crippen LogP contribution in [-0.4, -0.2) is 51.9 Å². The zero-order chi connectivity index (χ0) is 18.3. The van der Waals surface area contributed by atoms with Crippen molar-refractivity contribution in [3.05, 3.63) is 27.4 Å². The van der Waals surface area contributed by atoms with E-state index in [-0.39, 0.29) is 16.9 Å². The summed E-state index contributed by atoms with van der Waals surface area (Å²) >= 11 is 0. The second kappa shape index (κ2) is 6.80. The van der Waals surface area contributed by atoms with Crippen LogP contribution in [0.15, 0.2) is 4.79 Å². The van der Waals surface area contributed by atoms with Crippen LogP contribution in [0.3, 0.4) is 0 Å². The lowest BCUT2D eigenvalue weighted by atomic mass is 9.80. The van der Waals surface area contributed by atoms with Crippen LogP contribution in [0.1, 0.15) is 56.6 Å². The van der Waals surface area contributed by atoms with Gasteiger partial charge in [0, 0.05) is 25.1 Å². The first-order valence-corrected chi connectivity index (χ1v) is 10.1. The van der Waals surface area contributed by atoms with Gasteiger partial charge in [0.1, 0.15) is 5.82 Å². The number of H-pyrrole nitrogens is 1. The Bertz CT molecular complexity index is 755. The fraction of sp³-hybridized carbons (Fsp3) is 0.750. The van der Waals surface area contributed by atoms with Crippen LogP contribution in [0, 0.1) is 11.3 Å². The predicted molar refractivity (Wildman–Crippen MR) is 99.9 cm³/mol. The summed E-state index contributed by atoms with van der Waals surface area (Å²) in [5, 5.41) is 0. The minimum Gasteiger partial charge on any atom is -0.336 e. The van der Waals surface area contributed by atoms with Crippen LogP contribution < -0.4 is 5.56 Å². The molecule has 2 fully saturated rings. The molecule has 1 atom stereocenters. The van der Waals surface area contributed by atoms with E-state index in [0.717, 1.165) is 56.0 Å². The third-order valence-electron chi connectivity index (χ3n) is 6.33. The largest absolute Gasteiger partial charge is 0.336 e. The highest BCUT2D eigenvalue weighted by Crippen LogP contribution is 2.34. The van der Waals surface area contributed by atoms with Crippen LogP contribution >= 0.6 is 0 Å². The van der Waals surface area contributed by atoms with Crippen molar-refractivity contribution in [1.29, 1.82) is 0 Å². The van der Waals surface area contributed by atoms with Crippen LogP contribution in [0.2, 0.25) is 0 Å². The number of hydrogen-bond donors (Lipinski definition) is 1. The van der Waals surface area contributed by atoms with Crippen molar-refractivity contribution in [1.82, 2.24) is 19.8 Å². The number of likely N-dealkylation sites (tertiary alicyclic amines) is 1. The second-order valence-corrected chi connectivity index (χ2v) is 8.60. The summed E-state index contributed by atoms with van der Waals surface area (Å²) in [6.45, 7) is 8.29. The molecule has 26 heavy (non-hydrogen) atoms. The van der Waals surface area contributed by atoms with Crippen LogP contribution in [0.5, 0.6) is 0 Å². The highest BCUT2D eigenvalue weighted by molar-refractivity contribution is 5.83. The van der Waals surface area contributed by atoms with Crippen molar-refractivity contribution in [2.24, 2.45) is 11.3 Å². The third-order valence-corrected chi connectivity index (χ3v) is 6.33. The summed E-state index contributed by atoms with van der Waals surface area (Å²) in [5.41, 5.74) is 1.27. The molecule has 6 heteroatoms. The highest BCUT2D eigenvalue weighted by Gasteiger charge is 2.41. The van der Waals surface area contributed by atoms with E-state index >= 15 is 0 Å². The number of nitrogens with zero attached hydrogens (tertiary/aromatic N) is 3. The topological polar surface area (TPSA) is 69.3 Å². The minimum atomic E-state index is -0.316. The van der Waals surface area contributed by atoms with E-state index < -0.39 is 0 Å². The third kappa shape index (κ3) is 3.43. The van der Waals surface area contributed by atoms with Crippen molar-refractivity contribution >= 4 is 5.91 Å². The predicted octanol–water partition coefficient (Wildman–Crippen LogP) is 1.73. The number of aromatic amines is 1. The van der Waals surface area contributed by atoms with E-state index in [1.807, 2.05) is 4.90 Å². The van der Waals surface area contributed by atoms with Crippen molar-refractivity contribution in [2.75, 3.05) is 26.2 Å². The maximum Gasteiger partial charge on any atom is 0.254 e. The summed E-state index contributed by atoms with van der Waals surface area (Å²) < 4.78 is 0. The summed E-state index contributed by atoms with van der Waals surface area (Å²) in [7, 11) is 0. The number of carbonyl (C=O) groups is 1. The van der Waals surface area contributed by atoms with Crippen molar-refractivity contribution in [3.63, 3.8) is 0 Å². The standard InChI is InChI=1S/C20H30N4O2/c1-3-23-9-4-8-20(2,13-23)19(26)24-10-7-15-16(12-24)21-17(22-18(15)25)11-14-5-6-14/h14H,3-13H2,1-2H3,(H,21,22,25)/t20-/m0/s1. The molecule has 1 N–H and O–H groups in total. The summed E-state index contributed by atoms with van der Waals surface area (Å²) in [6, 6.07) is 0. The van der Waals surface area contributed by atoms with Crippen LogP contribution in [0.4, 0.5) is 0 Å². The second-order valence-electron chi connectivity index (χ2n) is 8.60. The maximum absolute atomic E-state index is 13.3. The van der Waals surface area contributed by atoms with Gasteiger partial charge in [-0.1, -0.05) is 6.92 Å². The van der Waals surface area contributed by atoms with Gasteiger partial charge in [0.15, 0.2) is 0 Å². The van der Waals surface area contributed by atoms with Crippen molar-refractivity contribution < 1.29 is 4.79 Å². The Balaban J connectivity index is 1.52. The van der Waals surface area contributed by atoms with Crippen molar-refractivity contribution in [2.45, 2.75) is 58.9 Å². The van der Waals surface area contributed by atoms with Gasteiger partial charge < -0.3 is 14.8 Å². The van der Waals surface area contributed by atoms with Gasteiger partial charge in [-0.2, -0.15) is 0 Å². The number of carbonyl (C=O) groups excluding carboxylic acids is 1. The SMILES string of the molecule is CCN1CCC[C@](C)(C(=O)N2CCc3c(nc(CC4CC4)[nH]c3=O)C2)C1. The molecule has 4 rings (SSSR count). The molecule has 1 aromatic rings. The fourth-order valence-corrected chi connectivity index (χ4v) is 4.53. The van der Waals surface area contributed by atoms with Gasteiger partial charge in [-0.3, -0.25) is 9.59 Å². The molecule has 0 aromatic carbocycles. The van der Waals surface area contributed by atoms with E-state index in [1.165, 1.54) is 12.8 Å². The number of rotatable bonds is 4. The number of piperidine rings is 1. The summed E-state index contributed by atoms with van der Waals surface area (Å²) in [6.07, 6.45) is 5.96. The lowest BCUT2D eigenvalue weighted by Crippen LogP contribution is -2.52. The normalized spacial score (nSPS) is 26.6. The van der Waals surface area contributed by atoms with E-state index in [0.29, 0.717) is 25.4 Å². The smallest absolute Gasteiger partial charge is 0.254 e. The molecule has 0 bridgehead atoms. The monoisotopic (exact) mass is 358 g/mol. The van der Waals surface area contributed by atoms with Gasteiger partial charge in [0.2, 0.25) is 5.91 Å². The average molecular weight is 358 g/mol. The first-order valence-electron chi connectivity index (χ1n) is 10.1. The molecule has 1 saturated heterocycles. The Morgan fingerprint density at radius 3 is 2.88 bits per heavy atom.